The highest BCUT2D eigenvalue weighted by Gasteiger charge is 2.22. The Morgan fingerprint density at radius 3 is 2.50 bits per heavy atom. The number of benzene rings is 2. The van der Waals surface area contributed by atoms with Gasteiger partial charge in [0.05, 0.1) is 18.8 Å². The summed E-state index contributed by atoms with van der Waals surface area (Å²) in [5, 5.41) is 3.39. The van der Waals surface area contributed by atoms with Crippen LogP contribution in [0.2, 0.25) is 0 Å². The van der Waals surface area contributed by atoms with Crippen LogP contribution in [0.25, 0.3) is 21.3 Å². The Balaban J connectivity index is 1.71. The number of rotatable bonds is 5. The lowest BCUT2D eigenvalue weighted by Gasteiger charge is -2.15. The molecule has 0 fully saturated rings. The van der Waals surface area contributed by atoms with Crippen LogP contribution in [0.4, 0.5) is 5.69 Å². The van der Waals surface area contributed by atoms with E-state index in [0.29, 0.717) is 21.7 Å². The topological polar surface area (TPSA) is 73.2 Å². The maximum Gasteiger partial charge on any atom is 0.263 e. The van der Waals surface area contributed by atoms with E-state index in [1.807, 2.05) is 37.3 Å². The highest BCUT2D eigenvalue weighted by Crippen LogP contribution is 2.35. The van der Waals surface area contributed by atoms with Crippen molar-refractivity contribution in [3.8, 4) is 16.9 Å². The molecular formula is C23H21N3O3S. The number of anilines is 1. The summed E-state index contributed by atoms with van der Waals surface area (Å²) in [7, 11) is 1.58. The molecule has 4 aromatic rings. The van der Waals surface area contributed by atoms with E-state index in [2.05, 4.69) is 10.3 Å². The number of thiophene rings is 1. The molecule has 0 unspecified atom stereocenters. The SMILES string of the molecule is COc1ccc(NC(=O)[C@H](C)n2cnc3sc(C)c(-c4ccccc4)c3c2=O)cc1. The number of ether oxygens (including phenoxy) is 1. The lowest BCUT2D eigenvalue weighted by atomic mass is 10.0. The van der Waals surface area contributed by atoms with Crippen LogP contribution in [0.5, 0.6) is 5.75 Å². The van der Waals surface area contributed by atoms with E-state index in [-0.39, 0.29) is 11.5 Å². The third kappa shape index (κ3) is 3.59. The number of hydrogen-bond acceptors (Lipinski definition) is 5. The normalized spacial score (nSPS) is 12.0. The van der Waals surface area contributed by atoms with Crippen LogP contribution in [0.15, 0.2) is 65.7 Å². The molecule has 0 radical (unpaired) electrons. The molecule has 2 aromatic heterocycles. The predicted octanol–water partition coefficient (Wildman–Crippen LogP) is 4.64. The predicted molar refractivity (Wildman–Crippen MR) is 120 cm³/mol. The van der Waals surface area contributed by atoms with Crippen LogP contribution in [0.1, 0.15) is 17.8 Å². The maximum atomic E-state index is 13.4. The van der Waals surface area contributed by atoms with Crippen molar-refractivity contribution in [3.05, 3.63) is 76.2 Å². The first-order valence-electron chi connectivity index (χ1n) is 9.50. The molecule has 0 spiro atoms. The molecule has 6 nitrogen and oxygen atoms in total. The molecule has 1 atom stereocenters. The molecule has 152 valence electrons. The zero-order valence-corrected chi connectivity index (χ0v) is 17.7. The Morgan fingerprint density at radius 2 is 1.83 bits per heavy atom. The highest BCUT2D eigenvalue weighted by molar-refractivity contribution is 7.19. The van der Waals surface area contributed by atoms with Gasteiger partial charge < -0.3 is 10.1 Å². The Hall–Kier alpha value is -3.45. The van der Waals surface area contributed by atoms with Gasteiger partial charge in [0, 0.05) is 16.1 Å². The average molecular weight is 420 g/mol. The van der Waals surface area contributed by atoms with Crippen molar-refractivity contribution in [2.24, 2.45) is 0 Å². The molecule has 0 aliphatic carbocycles. The second-order valence-electron chi connectivity index (χ2n) is 6.93. The molecule has 0 aliphatic heterocycles. The standard InChI is InChI=1S/C23H21N3O3S/c1-14(21(27)25-17-9-11-18(29-3)12-10-17)26-13-24-22-20(23(26)28)19(15(2)30-22)16-7-5-4-6-8-16/h4-14H,1-3H3,(H,25,27)/t14-/m0/s1. The molecule has 2 heterocycles. The number of amides is 1. The van der Waals surface area contributed by atoms with Gasteiger partial charge in [-0.1, -0.05) is 30.3 Å². The number of carbonyl (C=O) groups excluding carboxylic acids is 1. The van der Waals surface area contributed by atoms with Crippen molar-refractivity contribution in [3.63, 3.8) is 0 Å². The minimum Gasteiger partial charge on any atom is -0.497 e. The molecule has 1 N–H and O–H groups in total. The molecule has 0 saturated heterocycles. The average Bonchev–Trinajstić information content (AvgIpc) is 3.11. The minimum absolute atomic E-state index is 0.222. The van der Waals surface area contributed by atoms with Gasteiger partial charge in [-0.05, 0) is 43.7 Å². The molecule has 1 amide bonds. The molecule has 2 aromatic carbocycles. The van der Waals surface area contributed by atoms with Crippen molar-refractivity contribution in [2.45, 2.75) is 19.9 Å². The Bertz CT molecular complexity index is 1260. The van der Waals surface area contributed by atoms with E-state index in [9.17, 15) is 9.59 Å². The summed E-state index contributed by atoms with van der Waals surface area (Å²) in [6.07, 6.45) is 1.45. The molecule has 4 rings (SSSR count). The van der Waals surface area contributed by atoms with Gasteiger partial charge in [0.2, 0.25) is 5.91 Å². The fourth-order valence-electron chi connectivity index (χ4n) is 3.39. The van der Waals surface area contributed by atoms with Gasteiger partial charge in [-0.2, -0.15) is 0 Å². The van der Waals surface area contributed by atoms with Crippen LogP contribution in [0, 0.1) is 6.92 Å². The zero-order valence-electron chi connectivity index (χ0n) is 16.9. The number of hydrogen-bond donors (Lipinski definition) is 1. The number of nitrogens with zero attached hydrogens (tertiary/aromatic N) is 2. The Kier molecular flexibility index (Phi) is 5.37. The number of aryl methyl sites for hydroxylation is 1. The van der Waals surface area contributed by atoms with Crippen molar-refractivity contribution < 1.29 is 9.53 Å². The summed E-state index contributed by atoms with van der Waals surface area (Å²) in [6, 6.07) is 16.1. The van der Waals surface area contributed by atoms with Crippen molar-refractivity contribution in [2.75, 3.05) is 12.4 Å². The zero-order chi connectivity index (χ0) is 21.3. The highest BCUT2D eigenvalue weighted by atomic mass is 32.1. The minimum atomic E-state index is -0.722. The van der Waals surface area contributed by atoms with Crippen molar-refractivity contribution in [1.82, 2.24) is 9.55 Å². The fourth-order valence-corrected chi connectivity index (χ4v) is 4.39. The smallest absolute Gasteiger partial charge is 0.263 e. The van der Waals surface area contributed by atoms with Crippen LogP contribution in [0.3, 0.4) is 0 Å². The van der Waals surface area contributed by atoms with Crippen LogP contribution < -0.4 is 15.6 Å². The lowest BCUT2D eigenvalue weighted by molar-refractivity contribution is -0.118. The number of fused-ring (bicyclic) bond motifs is 1. The third-order valence-corrected chi connectivity index (χ3v) is 6.04. The fraction of sp³-hybridized carbons (Fsp3) is 0.174. The Labute approximate surface area is 177 Å². The van der Waals surface area contributed by atoms with E-state index < -0.39 is 6.04 Å². The van der Waals surface area contributed by atoms with Gasteiger partial charge in [-0.25, -0.2) is 4.98 Å². The lowest BCUT2D eigenvalue weighted by Crippen LogP contribution is -2.31. The first kappa shape index (κ1) is 19.8. The molecule has 0 saturated carbocycles. The van der Waals surface area contributed by atoms with E-state index in [0.717, 1.165) is 16.0 Å². The Morgan fingerprint density at radius 1 is 1.13 bits per heavy atom. The molecule has 0 bridgehead atoms. The first-order valence-corrected chi connectivity index (χ1v) is 10.3. The summed E-state index contributed by atoms with van der Waals surface area (Å²) >= 11 is 1.49. The quantitative estimate of drug-likeness (QED) is 0.511. The summed E-state index contributed by atoms with van der Waals surface area (Å²) in [4.78, 5) is 32.3. The van der Waals surface area contributed by atoms with E-state index in [1.54, 1.807) is 38.3 Å². The van der Waals surface area contributed by atoms with Gasteiger partial charge in [0.1, 0.15) is 16.6 Å². The van der Waals surface area contributed by atoms with Gasteiger partial charge in [0.25, 0.3) is 5.56 Å². The first-order chi connectivity index (χ1) is 14.5. The van der Waals surface area contributed by atoms with Crippen LogP contribution in [-0.4, -0.2) is 22.6 Å². The summed E-state index contributed by atoms with van der Waals surface area (Å²) < 4.78 is 6.52. The van der Waals surface area contributed by atoms with Crippen molar-refractivity contribution >= 4 is 33.1 Å². The molecular weight excluding hydrogens is 398 g/mol. The summed E-state index contributed by atoms with van der Waals surface area (Å²) in [5.74, 6) is 0.407. The van der Waals surface area contributed by atoms with Crippen molar-refractivity contribution in [1.29, 1.82) is 0 Å². The monoisotopic (exact) mass is 419 g/mol. The number of methoxy groups -OCH3 is 1. The maximum absolute atomic E-state index is 13.4. The number of aromatic nitrogens is 2. The van der Waals surface area contributed by atoms with Gasteiger partial charge in [-0.15, -0.1) is 11.3 Å². The second-order valence-corrected chi connectivity index (χ2v) is 8.13. The van der Waals surface area contributed by atoms with Crippen LogP contribution >= 0.6 is 11.3 Å². The van der Waals surface area contributed by atoms with Gasteiger partial charge in [0.15, 0.2) is 0 Å². The summed E-state index contributed by atoms with van der Waals surface area (Å²) in [6.45, 7) is 3.67. The van der Waals surface area contributed by atoms with E-state index >= 15 is 0 Å². The third-order valence-electron chi connectivity index (χ3n) is 5.03. The van der Waals surface area contributed by atoms with Gasteiger partial charge >= 0.3 is 0 Å². The van der Waals surface area contributed by atoms with Gasteiger partial charge in [-0.3, -0.25) is 14.2 Å². The van der Waals surface area contributed by atoms with E-state index in [4.69, 9.17) is 4.74 Å². The molecule has 0 aliphatic rings. The number of carbonyl (C=O) groups is 1. The second kappa shape index (κ2) is 8.12. The van der Waals surface area contributed by atoms with E-state index in [1.165, 1.54) is 22.2 Å². The largest absolute Gasteiger partial charge is 0.497 e. The number of nitrogens with one attached hydrogen (secondary N) is 1. The summed E-state index contributed by atoms with van der Waals surface area (Å²) in [5.41, 5.74) is 2.25. The molecule has 7 heteroatoms. The molecule has 30 heavy (non-hydrogen) atoms. The van der Waals surface area contributed by atoms with Crippen LogP contribution in [-0.2, 0) is 4.79 Å².